The van der Waals surface area contributed by atoms with Crippen LogP contribution < -0.4 is 10.1 Å². The molecule has 0 fully saturated rings. The van der Waals surface area contributed by atoms with Gasteiger partial charge < -0.3 is 10.1 Å². The smallest absolute Gasteiger partial charge is 0.152 e. The van der Waals surface area contributed by atoms with Gasteiger partial charge in [-0.25, -0.2) is 8.42 Å². The van der Waals surface area contributed by atoms with Crippen LogP contribution >= 0.6 is 15.9 Å². The zero-order valence-corrected chi connectivity index (χ0v) is 13.0. The number of anilines is 1. The van der Waals surface area contributed by atoms with E-state index in [2.05, 4.69) is 21.2 Å². The van der Waals surface area contributed by atoms with Gasteiger partial charge in [0.05, 0.1) is 17.3 Å². The summed E-state index contributed by atoms with van der Waals surface area (Å²) < 4.78 is 29.1. The fraction of sp³-hybridized carbons (Fsp3) is 0.500. The molecule has 0 aliphatic heterocycles. The van der Waals surface area contributed by atoms with Crippen LogP contribution in [0.4, 0.5) is 5.69 Å². The number of hydrogen-bond donors (Lipinski definition) is 1. The van der Waals surface area contributed by atoms with Crippen LogP contribution in [-0.2, 0) is 9.84 Å². The second kappa shape index (κ2) is 6.99. The molecule has 0 amide bonds. The van der Waals surface area contributed by atoms with Gasteiger partial charge in [0.1, 0.15) is 5.75 Å². The first kappa shape index (κ1) is 15.3. The summed E-state index contributed by atoms with van der Waals surface area (Å²) in [5.41, 5.74) is 0.849. The molecule has 1 rings (SSSR count). The molecule has 0 bridgehead atoms. The van der Waals surface area contributed by atoms with E-state index in [0.29, 0.717) is 13.0 Å². The first-order valence-electron chi connectivity index (χ1n) is 5.76. The van der Waals surface area contributed by atoms with Gasteiger partial charge in [0, 0.05) is 24.1 Å². The van der Waals surface area contributed by atoms with Crippen molar-refractivity contribution in [1.82, 2.24) is 0 Å². The van der Waals surface area contributed by atoms with Crippen molar-refractivity contribution in [2.24, 2.45) is 0 Å². The zero-order chi connectivity index (χ0) is 13.6. The molecular formula is C12H18BrNO3S. The molecule has 4 nitrogen and oxygen atoms in total. The van der Waals surface area contributed by atoms with E-state index in [-0.39, 0.29) is 11.5 Å². The van der Waals surface area contributed by atoms with Crippen LogP contribution in [0.3, 0.4) is 0 Å². The van der Waals surface area contributed by atoms with Crippen molar-refractivity contribution in [2.75, 3.05) is 30.5 Å². The van der Waals surface area contributed by atoms with E-state index in [1.165, 1.54) is 0 Å². The van der Waals surface area contributed by atoms with Gasteiger partial charge in [0.2, 0.25) is 0 Å². The Balaban J connectivity index is 2.54. The van der Waals surface area contributed by atoms with E-state index in [9.17, 15) is 8.42 Å². The van der Waals surface area contributed by atoms with Gasteiger partial charge in [-0.1, -0.05) is 6.92 Å². The van der Waals surface area contributed by atoms with Crippen molar-refractivity contribution in [3.8, 4) is 5.75 Å². The Bertz CT molecular complexity index is 488. The Morgan fingerprint density at radius 2 is 2.06 bits per heavy atom. The Kier molecular flexibility index (Phi) is 5.95. The summed E-state index contributed by atoms with van der Waals surface area (Å²) in [6, 6.07) is 5.57. The first-order valence-corrected chi connectivity index (χ1v) is 8.38. The highest BCUT2D eigenvalue weighted by Gasteiger charge is 2.08. The Morgan fingerprint density at radius 3 is 2.67 bits per heavy atom. The Labute approximate surface area is 117 Å². The minimum Gasteiger partial charge on any atom is -0.495 e. The predicted octanol–water partition coefficient (Wildman–Crippen LogP) is 2.69. The van der Waals surface area contributed by atoms with Crippen molar-refractivity contribution in [1.29, 1.82) is 0 Å². The number of methoxy groups -OCH3 is 1. The van der Waals surface area contributed by atoms with Crippen LogP contribution in [0.1, 0.15) is 13.3 Å². The van der Waals surface area contributed by atoms with E-state index >= 15 is 0 Å². The third-order valence-electron chi connectivity index (χ3n) is 2.41. The molecule has 18 heavy (non-hydrogen) atoms. The summed E-state index contributed by atoms with van der Waals surface area (Å²) in [5, 5.41) is 3.08. The maximum Gasteiger partial charge on any atom is 0.152 e. The van der Waals surface area contributed by atoms with Gasteiger partial charge in [-0.05, 0) is 34.5 Å². The van der Waals surface area contributed by atoms with E-state index in [0.717, 1.165) is 15.9 Å². The molecule has 0 radical (unpaired) electrons. The van der Waals surface area contributed by atoms with Gasteiger partial charge in [-0.3, -0.25) is 0 Å². The molecule has 0 saturated carbocycles. The zero-order valence-electron chi connectivity index (χ0n) is 10.6. The van der Waals surface area contributed by atoms with Crippen LogP contribution in [0, 0.1) is 0 Å². The number of nitrogens with one attached hydrogen (secondary N) is 1. The largest absolute Gasteiger partial charge is 0.495 e. The number of ether oxygens (including phenoxy) is 1. The lowest BCUT2D eigenvalue weighted by Gasteiger charge is -2.09. The van der Waals surface area contributed by atoms with Crippen LogP contribution in [0.5, 0.6) is 5.75 Å². The molecule has 0 aromatic heterocycles. The molecular weight excluding hydrogens is 318 g/mol. The third kappa shape index (κ3) is 4.86. The summed E-state index contributed by atoms with van der Waals surface area (Å²) in [4.78, 5) is 0. The monoisotopic (exact) mass is 335 g/mol. The molecule has 6 heteroatoms. The molecule has 1 N–H and O–H groups in total. The van der Waals surface area contributed by atoms with Gasteiger partial charge in [-0.15, -0.1) is 0 Å². The topological polar surface area (TPSA) is 55.4 Å². The third-order valence-corrected chi connectivity index (χ3v) is 4.92. The quantitative estimate of drug-likeness (QED) is 0.832. The standard InChI is InChI=1S/C12H18BrNO3S/c1-3-7-18(15,16)8-6-14-10-4-5-11(13)12(9-10)17-2/h4-5,9,14H,3,6-8H2,1-2H3. The van der Waals surface area contributed by atoms with E-state index in [1.807, 2.05) is 25.1 Å². The second-order valence-corrected chi connectivity index (χ2v) is 7.09. The molecule has 0 heterocycles. The molecule has 0 saturated heterocycles. The number of hydrogen-bond acceptors (Lipinski definition) is 4. The van der Waals surface area contributed by atoms with Crippen molar-refractivity contribution in [2.45, 2.75) is 13.3 Å². The van der Waals surface area contributed by atoms with Crippen molar-refractivity contribution in [3.05, 3.63) is 22.7 Å². The van der Waals surface area contributed by atoms with Gasteiger partial charge >= 0.3 is 0 Å². The molecule has 1 aromatic rings. The van der Waals surface area contributed by atoms with Crippen molar-refractivity contribution in [3.63, 3.8) is 0 Å². The fourth-order valence-electron chi connectivity index (χ4n) is 1.53. The molecule has 102 valence electrons. The predicted molar refractivity (Wildman–Crippen MR) is 78.1 cm³/mol. The normalized spacial score (nSPS) is 11.3. The fourth-order valence-corrected chi connectivity index (χ4v) is 3.18. The lowest BCUT2D eigenvalue weighted by atomic mass is 10.3. The summed E-state index contributed by atoms with van der Waals surface area (Å²) in [7, 11) is -1.34. The maximum absolute atomic E-state index is 11.5. The average Bonchev–Trinajstić information content (AvgIpc) is 2.31. The summed E-state index contributed by atoms with van der Waals surface area (Å²) in [6.07, 6.45) is 0.661. The van der Waals surface area contributed by atoms with Crippen LogP contribution in [-0.4, -0.2) is 33.6 Å². The molecule has 0 aliphatic carbocycles. The Hall–Kier alpha value is -0.750. The number of benzene rings is 1. The summed E-state index contributed by atoms with van der Waals surface area (Å²) >= 11 is 3.36. The maximum atomic E-state index is 11.5. The molecule has 0 spiro atoms. The number of halogens is 1. The van der Waals surface area contributed by atoms with Gasteiger partial charge in [-0.2, -0.15) is 0 Å². The van der Waals surface area contributed by atoms with Gasteiger partial charge in [0.15, 0.2) is 9.84 Å². The minimum absolute atomic E-state index is 0.152. The van der Waals surface area contributed by atoms with Gasteiger partial charge in [0.25, 0.3) is 0 Å². The lowest BCUT2D eigenvalue weighted by Crippen LogP contribution is -2.18. The van der Waals surface area contributed by atoms with Crippen molar-refractivity contribution >= 4 is 31.5 Å². The number of sulfone groups is 1. The van der Waals surface area contributed by atoms with E-state index in [4.69, 9.17) is 4.74 Å². The van der Waals surface area contributed by atoms with Crippen molar-refractivity contribution < 1.29 is 13.2 Å². The Morgan fingerprint density at radius 1 is 1.33 bits per heavy atom. The molecule has 1 aromatic carbocycles. The SMILES string of the molecule is CCCS(=O)(=O)CCNc1ccc(Br)c(OC)c1. The number of rotatable bonds is 7. The van der Waals surface area contributed by atoms with E-state index < -0.39 is 9.84 Å². The lowest BCUT2D eigenvalue weighted by molar-refractivity contribution is 0.412. The molecule has 0 atom stereocenters. The summed E-state index contributed by atoms with van der Waals surface area (Å²) in [6.45, 7) is 2.28. The second-order valence-electron chi connectivity index (χ2n) is 3.93. The molecule has 0 unspecified atom stereocenters. The summed E-state index contributed by atoms with van der Waals surface area (Å²) in [5.74, 6) is 1.12. The van der Waals surface area contributed by atoms with Crippen LogP contribution in [0.25, 0.3) is 0 Å². The van der Waals surface area contributed by atoms with Crippen LogP contribution in [0.2, 0.25) is 0 Å². The highest BCUT2D eigenvalue weighted by Crippen LogP contribution is 2.27. The minimum atomic E-state index is -2.93. The average molecular weight is 336 g/mol. The highest BCUT2D eigenvalue weighted by molar-refractivity contribution is 9.10. The van der Waals surface area contributed by atoms with E-state index in [1.54, 1.807) is 7.11 Å². The van der Waals surface area contributed by atoms with Crippen LogP contribution in [0.15, 0.2) is 22.7 Å². The first-order chi connectivity index (χ1) is 8.48. The highest BCUT2D eigenvalue weighted by atomic mass is 79.9. The molecule has 0 aliphatic rings.